The molecule has 0 aliphatic carbocycles. The van der Waals surface area contributed by atoms with Crippen molar-refractivity contribution in [3.8, 4) is 0 Å². The minimum absolute atomic E-state index is 0.0482. The molecule has 0 saturated heterocycles. The summed E-state index contributed by atoms with van der Waals surface area (Å²) in [7, 11) is 0. The van der Waals surface area contributed by atoms with Crippen LogP contribution in [-0.2, 0) is 6.54 Å². The number of benzene rings is 1. The summed E-state index contributed by atoms with van der Waals surface area (Å²) < 4.78 is 2.04. The van der Waals surface area contributed by atoms with Gasteiger partial charge in [0.15, 0.2) is 0 Å². The van der Waals surface area contributed by atoms with Gasteiger partial charge in [0.25, 0.3) is 5.56 Å². The van der Waals surface area contributed by atoms with E-state index in [4.69, 9.17) is 11.6 Å². The number of hydrogen-bond acceptors (Lipinski definition) is 2. The van der Waals surface area contributed by atoms with Gasteiger partial charge in [0.1, 0.15) is 5.15 Å². The summed E-state index contributed by atoms with van der Waals surface area (Å²) in [6.07, 6.45) is 0. The van der Waals surface area contributed by atoms with E-state index in [0.29, 0.717) is 0 Å². The third kappa shape index (κ3) is 2.87. The third-order valence-corrected chi connectivity index (χ3v) is 2.97. The van der Waals surface area contributed by atoms with Crippen molar-refractivity contribution in [2.24, 2.45) is 0 Å². The lowest BCUT2D eigenvalue weighted by molar-refractivity contribution is 0.699. The first kappa shape index (κ1) is 12.1. The van der Waals surface area contributed by atoms with E-state index in [9.17, 15) is 9.59 Å². The molecule has 2 rings (SSSR count). The Balaban J connectivity index is 2.40. The lowest BCUT2D eigenvalue weighted by atomic mass is 10.2. The molecule has 17 heavy (non-hydrogen) atoms. The molecule has 2 aromatic rings. The topological polar surface area (TPSA) is 54.9 Å². The number of nitrogens with one attached hydrogen (secondary N) is 1. The molecule has 1 aromatic heterocycles. The quantitative estimate of drug-likeness (QED) is 0.862. The van der Waals surface area contributed by atoms with Gasteiger partial charge in [0, 0.05) is 10.5 Å². The Morgan fingerprint density at radius 2 is 1.88 bits per heavy atom. The average molecular weight is 316 g/mol. The van der Waals surface area contributed by atoms with E-state index in [1.165, 1.54) is 6.07 Å². The molecule has 1 N–H and O–H groups in total. The first-order valence-corrected chi connectivity index (χ1v) is 5.97. The van der Waals surface area contributed by atoms with Crippen molar-refractivity contribution >= 4 is 27.5 Å². The average Bonchev–Trinajstić information content (AvgIpc) is 2.26. The second-order valence-electron chi connectivity index (χ2n) is 3.47. The van der Waals surface area contributed by atoms with Crippen LogP contribution in [0.15, 0.2) is 44.4 Å². The van der Waals surface area contributed by atoms with E-state index in [-0.39, 0.29) is 11.7 Å². The predicted molar refractivity (Wildman–Crippen MR) is 69.6 cm³/mol. The van der Waals surface area contributed by atoms with Gasteiger partial charge in [-0.1, -0.05) is 39.7 Å². The van der Waals surface area contributed by atoms with Crippen molar-refractivity contribution < 1.29 is 0 Å². The lowest BCUT2D eigenvalue weighted by Crippen LogP contribution is -2.34. The largest absolute Gasteiger partial charge is 0.329 e. The van der Waals surface area contributed by atoms with Gasteiger partial charge in [-0.15, -0.1) is 0 Å². The minimum Gasteiger partial charge on any atom is -0.298 e. The number of halogens is 2. The maximum Gasteiger partial charge on any atom is 0.329 e. The monoisotopic (exact) mass is 314 g/mol. The third-order valence-electron chi connectivity index (χ3n) is 2.24. The van der Waals surface area contributed by atoms with Crippen molar-refractivity contribution in [2.45, 2.75) is 6.54 Å². The number of nitrogens with zero attached hydrogens (tertiary/aromatic N) is 1. The standard InChI is InChI=1S/C11H8BrClN2O2/c12-8-3-1-7(2-4-8)6-15-10(16)5-9(13)14-11(15)17/h1-5H,6H2,(H,14,17). The predicted octanol–water partition coefficient (Wildman–Crippen LogP) is 2.00. The summed E-state index contributed by atoms with van der Waals surface area (Å²) in [6.45, 7) is 0.221. The highest BCUT2D eigenvalue weighted by Crippen LogP contribution is 2.10. The molecule has 0 bridgehead atoms. The van der Waals surface area contributed by atoms with Gasteiger partial charge < -0.3 is 0 Å². The number of hydrogen-bond donors (Lipinski definition) is 1. The van der Waals surface area contributed by atoms with Crippen molar-refractivity contribution in [1.29, 1.82) is 0 Å². The first-order chi connectivity index (χ1) is 8.06. The summed E-state index contributed by atoms with van der Waals surface area (Å²) in [6, 6.07) is 8.56. The van der Waals surface area contributed by atoms with Crippen LogP contribution in [0.1, 0.15) is 5.56 Å². The molecule has 0 amide bonds. The van der Waals surface area contributed by atoms with Gasteiger partial charge in [0.05, 0.1) is 6.54 Å². The van der Waals surface area contributed by atoms with Crippen molar-refractivity contribution in [3.05, 3.63) is 66.4 Å². The second-order valence-corrected chi connectivity index (χ2v) is 4.80. The number of rotatable bonds is 2. The van der Waals surface area contributed by atoms with E-state index >= 15 is 0 Å². The molecule has 0 spiro atoms. The van der Waals surface area contributed by atoms with Crippen molar-refractivity contribution in [2.75, 3.05) is 0 Å². The Morgan fingerprint density at radius 3 is 2.47 bits per heavy atom. The van der Waals surface area contributed by atoms with Gasteiger partial charge >= 0.3 is 5.69 Å². The fraction of sp³-hybridized carbons (Fsp3) is 0.0909. The highest BCUT2D eigenvalue weighted by Gasteiger charge is 2.03. The lowest BCUT2D eigenvalue weighted by Gasteiger charge is -2.04. The Kier molecular flexibility index (Phi) is 3.49. The Hall–Kier alpha value is -1.33. The normalized spacial score (nSPS) is 10.5. The van der Waals surface area contributed by atoms with Crippen LogP contribution in [0.3, 0.4) is 0 Å². The van der Waals surface area contributed by atoms with E-state index in [0.717, 1.165) is 14.6 Å². The molecule has 0 radical (unpaired) electrons. The molecular weight excluding hydrogens is 307 g/mol. The van der Waals surface area contributed by atoms with Gasteiger partial charge in [-0.25, -0.2) is 4.79 Å². The van der Waals surface area contributed by atoms with Crippen LogP contribution in [0, 0.1) is 0 Å². The smallest absolute Gasteiger partial charge is 0.298 e. The number of H-pyrrole nitrogens is 1. The van der Waals surface area contributed by atoms with E-state index in [1.54, 1.807) is 0 Å². The Labute approximate surface area is 110 Å². The zero-order valence-electron chi connectivity index (χ0n) is 8.61. The second kappa shape index (κ2) is 4.89. The van der Waals surface area contributed by atoms with Crippen LogP contribution in [0.4, 0.5) is 0 Å². The van der Waals surface area contributed by atoms with Crippen LogP contribution in [0.5, 0.6) is 0 Å². The molecule has 0 fully saturated rings. The van der Waals surface area contributed by atoms with Crippen molar-refractivity contribution in [3.63, 3.8) is 0 Å². The molecule has 6 heteroatoms. The van der Waals surface area contributed by atoms with Gasteiger partial charge in [0.2, 0.25) is 0 Å². The molecule has 0 aliphatic heterocycles. The SMILES string of the molecule is O=c1cc(Cl)[nH]c(=O)n1Cc1ccc(Br)cc1. The zero-order chi connectivity index (χ0) is 12.4. The summed E-state index contributed by atoms with van der Waals surface area (Å²) >= 11 is 8.89. The fourth-order valence-corrected chi connectivity index (χ4v) is 1.85. The fourth-order valence-electron chi connectivity index (χ4n) is 1.41. The van der Waals surface area contributed by atoms with Crippen LogP contribution >= 0.6 is 27.5 Å². The van der Waals surface area contributed by atoms with Gasteiger partial charge in [-0.2, -0.15) is 0 Å². The van der Waals surface area contributed by atoms with E-state index < -0.39 is 11.2 Å². The van der Waals surface area contributed by atoms with Crippen LogP contribution in [-0.4, -0.2) is 9.55 Å². The van der Waals surface area contributed by atoms with E-state index in [2.05, 4.69) is 20.9 Å². The maximum absolute atomic E-state index is 11.6. The molecule has 88 valence electrons. The molecule has 0 saturated carbocycles. The molecular formula is C11H8BrClN2O2. The molecule has 0 aliphatic rings. The minimum atomic E-state index is -0.509. The molecule has 0 atom stereocenters. The van der Waals surface area contributed by atoms with Crippen LogP contribution < -0.4 is 11.2 Å². The Bertz CT molecular complexity index is 615. The maximum atomic E-state index is 11.6. The molecule has 0 unspecified atom stereocenters. The van der Waals surface area contributed by atoms with Crippen LogP contribution in [0.2, 0.25) is 5.15 Å². The zero-order valence-corrected chi connectivity index (χ0v) is 11.0. The van der Waals surface area contributed by atoms with Gasteiger partial charge in [-0.05, 0) is 17.7 Å². The van der Waals surface area contributed by atoms with Gasteiger partial charge in [-0.3, -0.25) is 14.3 Å². The summed E-state index contributed by atoms with van der Waals surface area (Å²) in [4.78, 5) is 25.5. The number of aromatic amines is 1. The number of aromatic nitrogens is 2. The van der Waals surface area contributed by atoms with E-state index in [1.807, 2.05) is 24.3 Å². The first-order valence-electron chi connectivity index (χ1n) is 4.80. The molecule has 1 aromatic carbocycles. The summed E-state index contributed by atoms with van der Waals surface area (Å²) in [5.74, 6) is 0. The highest BCUT2D eigenvalue weighted by molar-refractivity contribution is 9.10. The molecule has 4 nitrogen and oxygen atoms in total. The molecule has 1 heterocycles. The summed E-state index contributed by atoms with van der Waals surface area (Å²) in [5, 5.41) is 0.0482. The Morgan fingerprint density at radius 1 is 1.24 bits per heavy atom. The highest BCUT2D eigenvalue weighted by atomic mass is 79.9. The van der Waals surface area contributed by atoms with Crippen molar-refractivity contribution in [1.82, 2.24) is 9.55 Å². The van der Waals surface area contributed by atoms with Crippen LogP contribution in [0.25, 0.3) is 0 Å². The summed E-state index contributed by atoms with van der Waals surface area (Å²) in [5.41, 5.74) is -0.0600.